The average Bonchev–Trinajstić information content (AvgIpc) is 3.27. The lowest BCUT2D eigenvalue weighted by molar-refractivity contribution is -0.137. The van der Waals surface area contributed by atoms with Gasteiger partial charge in [-0.15, -0.1) is 11.3 Å². The summed E-state index contributed by atoms with van der Waals surface area (Å²) in [6.07, 6.45) is 2.84. The highest BCUT2D eigenvalue weighted by Crippen LogP contribution is 2.23. The number of carboxylic acid groups (broad SMARTS) is 1. The van der Waals surface area contributed by atoms with Gasteiger partial charge in [-0.05, 0) is 24.3 Å². The van der Waals surface area contributed by atoms with Gasteiger partial charge in [0.1, 0.15) is 12.6 Å². The average molecular weight is 348 g/mol. The predicted octanol–water partition coefficient (Wildman–Crippen LogP) is 1.27. The van der Waals surface area contributed by atoms with Crippen LogP contribution in [0, 0.1) is 0 Å². The van der Waals surface area contributed by atoms with Crippen molar-refractivity contribution in [2.75, 3.05) is 11.9 Å². The van der Waals surface area contributed by atoms with Gasteiger partial charge in [0.2, 0.25) is 5.91 Å². The van der Waals surface area contributed by atoms with Crippen LogP contribution in [0.1, 0.15) is 22.5 Å². The molecule has 0 saturated carbocycles. The minimum absolute atomic E-state index is 0.140. The van der Waals surface area contributed by atoms with Crippen LogP contribution in [0.2, 0.25) is 0 Å². The van der Waals surface area contributed by atoms with Crippen LogP contribution in [0.15, 0.2) is 29.8 Å². The molecule has 1 fully saturated rings. The molecule has 0 bridgehead atoms. The molecule has 2 aromatic heterocycles. The summed E-state index contributed by atoms with van der Waals surface area (Å²) in [4.78, 5) is 37.8. The van der Waals surface area contributed by atoms with Crippen molar-refractivity contribution in [1.29, 1.82) is 0 Å². The van der Waals surface area contributed by atoms with E-state index in [1.54, 1.807) is 17.0 Å². The Hall–Kier alpha value is -2.68. The molecule has 3 rings (SSSR count). The Kier molecular flexibility index (Phi) is 4.61. The van der Waals surface area contributed by atoms with E-state index in [1.165, 1.54) is 28.3 Å². The van der Waals surface area contributed by atoms with E-state index in [9.17, 15) is 14.4 Å². The normalized spacial score (nSPS) is 17.0. The molecule has 1 unspecified atom stereocenters. The van der Waals surface area contributed by atoms with Gasteiger partial charge in [0.25, 0.3) is 5.91 Å². The zero-order chi connectivity index (χ0) is 17.1. The molecule has 24 heavy (non-hydrogen) atoms. The number of carbonyl (C=O) groups is 3. The van der Waals surface area contributed by atoms with Crippen LogP contribution in [0.3, 0.4) is 0 Å². The van der Waals surface area contributed by atoms with E-state index in [0.29, 0.717) is 17.8 Å². The van der Waals surface area contributed by atoms with Crippen LogP contribution in [0.25, 0.3) is 0 Å². The second-order valence-electron chi connectivity index (χ2n) is 5.42. The number of nitrogens with zero attached hydrogens (tertiary/aromatic N) is 3. The maximum absolute atomic E-state index is 12.5. The highest BCUT2D eigenvalue weighted by molar-refractivity contribution is 7.12. The van der Waals surface area contributed by atoms with Crippen LogP contribution >= 0.6 is 11.3 Å². The standard InChI is InChI=1S/C15H16N4O4S/c20-13(21)9-18-7-5-12(17-18)16-14(22)10-3-1-6-19(10)15(23)11-4-2-8-24-11/h2,4-5,7-8,10H,1,3,6,9H2,(H,20,21)(H,16,17,22). The fraction of sp³-hybridized carbons (Fsp3) is 0.333. The van der Waals surface area contributed by atoms with Crippen molar-refractivity contribution in [1.82, 2.24) is 14.7 Å². The van der Waals surface area contributed by atoms with Gasteiger partial charge in [-0.3, -0.25) is 19.1 Å². The number of thiophene rings is 1. The molecule has 0 spiro atoms. The fourth-order valence-electron chi connectivity index (χ4n) is 2.69. The van der Waals surface area contributed by atoms with Gasteiger partial charge < -0.3 is 15.3 Å². The molecule has 0 aliphatic carbocycles. The number of anilines is 1. The zero-order valence-corrected chi connectivity index (χ0v) is 13.5. The minimum atomic E-state index is -1.01. The molecule has 2 amide bonds. The largest absolute Gasteiger partial charge is 0.480 e. The van der Waals surface area contributed by atoms with Crippen LogP contribution in [-0.2, 0) is 16.1 Å². The summed E-state index contributed by atoms with van der Waals surface area (Å²) in [5.41, 5.74) is 0. The third-order valence-electron chi connectivity index (χ3n) is 3.74. The van der Waals surface area contributed by atoms with Crippen molar-refractivity contribution in [3.8, 4) is 0 Å². The molecule has 2 aromatic rings. The van der Waals surface area contributed by atoms with Crippen LogP contribution in [0.4, 0.5) is 5.82 Å². The third kappa shape index (κ3) is 3.46. The quantitative estimate of drug-likeness (QED) is 0.847. The molecule has 1 aliphatic rings. The molecule has 126 valence electrons. The van der Waals surface area contributed by atoms with Crippen LogP contribution in [-0.4, -0.2) is 50.2 Å². The molecular formula is C15H16N4O4S. The molecule has 8 nitrogen and oxygen atoms in total. The molecule has 1 saturated heterocycles. The Balaban J connectivity index is 1.66. The van der Waals surface area contributed by atoms with E-state index in [-0.39, 0.29) is 24.2 Å². The number of carboxylic acids is 1. The summed E-state index contributed by atoms with van der Waals surface area (Å²) in [6, 6.07) is 4.54. The summed E-state index contributed by atoms with van der Waals surface area (Å²) >= 11 is 1.35. The van der Waals surface area contributed by atoms with Gasteiger partial charge in [0.05, 0.1) is 4.88 Å². The van der Waals surface area contributed by atoms with E-state index >= 15 is 0 Å². The highest BCUT2D eigenvalue weighted by Gasteiger charge is 2.35. The van der Waals surface area contributed by atoms with Gasteiger partial charge in [-0.2, -0.15) is 5.10 Å². The number of likely N-dealkylation sites (tertiary alicyclic amines) is 1. The number of hydrogen-bond donors (Lipinski definition) is 2. The van der Waals surface area contributed by atoms with Gasteiger partial charge >= 0.3 is 5.97 Å². The number of aromatic nitrogens is 2. The van der Waals surface area contributed by atoms with Gasteiger partial charge in [-0.25, -0.2) is 0 Å². The first-order chi connectivity index (χ1) is 11.5. The van der Waals surface area contributed by atoms with E-state index in [1.807, 2.05) is 5.38 Å². The summed E-state index contributed by atoms with van der Waals surface area (Å²) in [6.45, 7) is 0.268. The first-order valence-electron chi connectivity index (χ1n) is 7.45. The topological polar surface area (TPSA) is 105 Å². The third-order valence-corrected chi connectivity index (χ3v) is 4.60. The molecule has 1 aliphatic heterocycles. The number of rotatable bonds is 5. The first-order valence-corrected chi connectivity index (χ1v) is 8.33. The number of hydrogen-bond acceptors (Lipinski definition) is 5. The number of carbonyl (C=O) groups excluding carboxylic acids is 2. The van der Waals surface area contributed by atoms with E-state index < -0.39 is 12.0 Å². The van der Waals surface area contributed by atoms with Crippen molar-refractivity contribution >= 4 is 34.9 Å². The van der Waals surface area contributed by atoms with Crippen molar-refractivity contribution in [3.63, 3.8) is 0 Å². The Morgan fingerprint density at radius 3 is 2.92 bits per heavy atom. The smallest absolute Gasteiger partial charge is 0.325 e. The highest BCUT2D eigenvalue weighted by atomic mass is 32.1. The van der Waals surface area contributed by atoms with Crippen LogP contribution < -0.4 is 5.32 Å². The van der Waals surface area contributed by atoms with E-state index in [0.717, 1.165) is 6.42 Å². The molecule has 0 radical (unpaired) electrons. The number of aliphatic carboxylic acids is 1. The maximum Gasteiger partial charge on any atom is 0.325 e. The molecule has 2 N–H and O–H groups in total. The second-order valence-corrected chi connectivity index (χ2v) is 6.36. The van der Waals surface area contributed by atoms with E-state index in [4.69, 9.17) is 5.11 Å². The van der Waals surface area contributed by atoms with Gasteiger partial charge in [0, 0.05) is 18.8 Å². The summed E-state index contributed by atoms with van der Waals surface area (Å²) in [5, 5.41) is 17.2. The molecule has 1 atom stereocenters. The Morgan fingerprint density at radius 1 is 1.38 bits per heavy atom. The SMILES string of the molecule is O=C(O)Cn1ccc(NC(=O)C2CCCN2C(=O)c2cccs2)n1. The molecular weight excluding hydrogens is 332 g/mol. The lowest BCUT2D eigenvalue weighted by Crippen LogP contribution is -2.43. The fourth-order valence-corrected chi connectivity index (χ4v) is 3.37. The van der Waals surface area contributed by atoms with Gasteiger partial charge in [0.15, 0.2) is 5.82 Å². The Bertz CT molecular complexity index is 755. The lowest BCUT2D eigenvalue weighted by Gasteiger charge is -2.23. The van der Waals surface area contributed by atoms with Crippen molar-refractivity contribution in [2.45, 2.75) is 25.4 Å². The summed E-state index contributed by atoms with van der Waals surface area (Å²) < 4.78 is 1.22. The number of amides is 2. The van der Waals surface area contributed by atoms with Crippen LogP contribution in [0.5, 0.6) is 0 Å². The zero-order valence-electron chi connectivity index (χ0n) is 12.7. The maximum atomic E-state index is 12.5. The predicted molar refractivity (Wildman–Crippen MR) is 86.9 cm³/mol. The van der Waals surface area contributed by atoms with Crippen molar-refractivity contribution in [2.24, 2.45) is 0 Å². The van der Waals surface area contributed by atoms with Crippen molar-refractivity contribution < 1.29 is 19.5 Å². The van der Waals surface area contributed by atoms with Crippen molar-refractivity contribution in [3.05, 3.63) is 34.7 Å². The molecule has 0 aromatic carbocycles. The number of nitrogens with one attached hydrogen (secondary N) is 1. The summed E-state index contributed by atoms with van der Waals surface area (Å²) in [7, 11) is 0. The second kappa shape index (κ2) is 6.83. The Labute approximate surface area is 141 Å². The monoisotopic (exact) mass is 348 g/mol. The van der Waals surface area contributed by atoms with E-state index in [2.05, 4.69) is 10.4 Å². The molecule has 3 heterocycles. The molecule has 9 heteroatoms. The first kappa shape index (κ1) is 16.2. The minimum Gasteiger partial charge on any atom is -0.480 e. The Morgan fingerprint density at radius 2 is 2.21 bits per heavy atom. The summed E-state index contributed by atoms with van der Waals surface area (Å²) in [5.74, 6) is -1.19. The lowest BCUT2D eigenvalue weighted by atomic mass is 10.2. The van der Waals surface area contributed by atoms with Gasteiger partial charge in [-0.1, -0.05) is 6.07 Å².